The molecule has 1 unspecified atom stereocenters. The summed E-state index contributed by atoms with van der Waals surface area (Å²) < 4.78 is 40.9. The van der Waals surface area contributed by atoms with Crippen molar-refractivity contribution in [3.63, 3.8) is 0 Å². The molecule has 4 nitrogen and oxygen atoms in total. The molecule has 148 valence electrons. The lowest BCUT2D eigenvalue weighted by molar-refractivity contribution is 0.474. The Hall–Kier alpha value is -3.12. The van der Waals surface area contributed by atoms with Gasteiger partial charge in [0.15, 0.2) is 5.37 Å². The molecule has 1 aliphatic rings. The summed E-state index contributed by atoms with van der Waals surface area (Å²) in [6.45, 7) is 5.64. The summed E-state index contributed by atoms with van der Waals surface area (Å²) in [5.41, 5.74) is 3.19. The quantitative estimate of drug-likeness (QED) is 0.612. The second-order valence-corrected chi connectivity index (χ2v) is 9.04. The lowest BCUT2D eigenvalue weighted by atomic mass is 9.88. The molecule has 0 amide bonds. The normalized spacial score (nSPS) is 16.6. The highest BCUT2D eigenvalue weighted by molar-refractivity contribution is 7.92. The van der Waals surface area contributed by atoms with E-state index in [-0.39, 0.29) is 16.5 Å². The van der Waals surface area contributed by atoms with Gasteiger partial charge in [-0.1, -0.05) is 36.9 Å². The predicted molar refractivity (Wildman–Crippen MR) is 112 cm³/mol. The fourth-order valence-corrected chi connectivity index (χ4v) is 5.57. The van der Waals surface area contributed by atoms with Crippen LogP contribution in [0.2, 0.25) is 0 Å². The Morgan fingerprint density at radius 1 is 1.07 bits per heavy atom. The van der Waals surface area contributed by atoms with Crippen LogP contribution in [0.1, 0.15) is 18.5 Å². The van der Waals surface area contributed by atoms with E-state index in [1.165, 1.54) is 42.5 Å². The van der Waals surface area contributed by atoms with E-state index in [1.807, 2.05) is 31.2 Å². The Morgan fingerprint density at radius 2 is 1.76 bits per heavy atom. The highest BCUT2D eigenvalue weighted by atomic mass is 32.2. The number of sulfone groups is 1. The van der Waals surface area contributed by atoms with Crippen LogP contribution < -0.4 is 4.90 Å². The zero-order chi connectivity index (χ0) is 20.8. The van der Waals surface area contributed by atoms with Crippen LogP contribution in [-0.4, -0.2) is 18.9 Å². The highest BCUT2D eigenvalue weighted by Crippen LogP contribution is 2.46. The van der Waals surface area contributed by atoms with Gasteiger partial charge in [-0.15, -0.1) is 0 Å². The van der Waals surface area contributed by atoms with Gasteiger partial charge in [-0.25, -0.2) is 12.8 Å². The average molecular weight is 409 g/mol. The van der Waals surface area contributed by atoms with Gasteiger partial charge in [-0.2, -0.15) is 0 Å². The maximum absolute atomic E-state index is 14.0. The first kappa shape index (κ1) is 19.2. The third-order valence-electron chi connectivity index (χ3n) is 5.31. The summed E-state index contributed by atoms with van der Waals surface area (Å²) in [4.78, 5) is 1.83. The summed E-state index contributed by atoms with van der Waals surface area (Å²) in [7, 11) is -3.85. The van der Waals surface area contributed by atoms with Crippen LogP contribution in [0.4, 0.5) is 10.1 Å². The Kier molecular flexibility index (Phi) is 4.67. The molecule has 3 aromatic rings. The molecule has 0 fully saturated rings. The van der Waals surface area contributed by atoms with E-state index in [0.717, 1.165) is 22.4 Å². The molecule has 4 rings (SSSR count). The first-order valence-electron chi connectivity index (χ1n) is 9.17. The van der Waals surface area contributed by atoms with Crippen molar-refractivity contribution in [1.82, 2.24) is 0 Å². The van der Waals surface area contributed by atoms with E-state index in [2.05, 4.69) is 6.58 Å². The Labute approximate surface area is 169 Å². The first-order valence-corrected chi connectivity index (χ1v) is 10.7. The molecule has 0 bridgehead atoms. The van der Waals surface area contributed by atoms with Crippen LogP contribution in [-0.2, 0) is 9.84 Å². The number of phenols is 1. The van der Waals surface area contributed by atoms with Crippen molar-refractivity contribution < 1.29 is 17.9 Å². The van der Waals surface area contributed by atoms with E-state index in [1.54, 1.807) is 11.0 Å². The number of aromatic hydroxyl groups is 1. The minimum atomic E-state index is -3.85. The van der Waals surface area contributed by atoms with Crippen molar-refractivity contribution in [2.45, 2.75) is 23.2 Å². The molecule has 1 heterocycles. The summed E-state index contributed by atoms with van der Waals surface area (Å²) in [6.07, 6.45) is 1.39. The van der Waals surface area contributed by atoms with Crippen molar-refractivity contribution in [2.24, 2.45) is 0 Å². The molecule has 1 N–H and O–H groups in total. The monoisotopic (exact) mass is 409 g/mol. The van der Waals surface area contributed by atoms with Gasteiger partial charge in [0.1, 0.15) is 11.6 Å². The third kappa shape index (κ3) is 3.09. The Balaban J connectivity index is 1.91. The molecular formula is C23H20FNO3S. The predicted octanol–water partition coefficient (Wildman–Crippen LogP) is 5.07. The second-order valence-electron chi connectivity index (χ2n) is 7.00. The zero-order valence-corrected chi connectivity index (χ0v) is 16.6. The molecule has 3 aromatic carbocycles. The molecule has 0 aliphatic carbocycles. The van der Waals surface area contributed by atoms with Crippen molar-refractivity contribution >= 4 is 15.5 Å². The van der Waals surface area contributed by atoms with Crippen LogP contribution in [0.3, 0.4) is 0 Å². The van der Waals surface area contributed by atoms with Gasteiger partial charge in [0.05, 0.1) is 10.9 Å². The largest absolute Gasteiger partial charge is 0.508 e. The molecule has 6 heteroatoms. The van der Waals surface area contributed by atoms with E-state index in [4.69, 9.17) is 0 Å². The van der Waals surface area contributed by atoms with Gasteiger partial charge in [0.2, 0.25) is 9.84 Å². The van der Waals surface area contributed by atoms with E-state index in [0.29, 0.717) is 0 Å². The van der Waals surface area contributed by atoms with Crippen LogP contribution >= 0.6 is 0 Å². The van der Waals surface area contributed by atoms with Crippen LogP contribution in [0.15, 0.2) is 84.3 Å². The smallest absolute Gasteiger partial charge is 0.203 e. The van der Waals surface area contributed by atoms with Gasteiger partial charge < -0.3 is 10.0 Å². The lowest BCUT2D eigenvalue weighted by Crippen LogP contribution is -2.43. The minimum absolute atomic E-state index is 0.0137. The number of hydrogen-bond donors (Lipinski definition) is 1. The molecule has 2 atom stereocenters. The molecule has 29 heavy (non-hydrogen) atoms. The number of para-hydroxylation sites is 1. The van der Waals surface area contributed by atoms with Gasteiger partial charge in [0, 0.05) is 11.3 Å². The summed E-state index contributed by atoms with van der Waals surface area (Å²) in [6, 6.07) is 17.1. The molecule has 0 aromatic heterocycles. The number of anilines is 1. The Morgan fingerprint density at radius 3 is 2.45 bits per heavy atom. The van der Waals surface area contributed by atoms with Crippen molar-refractivity contribution in [1.29, 1.82) is 0 Å². The fraction of sp³-hybridized carbons (Fsp3) is 0.130. The molecule has 1 aliphatic heterocycles. The van der Waals surface area contributed by atoms with E-state index >= 15 is 0 Å². The van der Waals surface area contributed by atoms with Gasteiger partial charge in [0.25, 0.3) is 0 Å². The lowest BCUT2D eigenvalue weighted by Gasteiger charge is -2.42. The molecular weight excluding hydrogens is 389 g/mol. The number of hydrogen-bond acceptors (Lipinski definition) is 4. The maximum atomic E-state index is 14.0. The van der Waals surface area contributed by atoms with Crippen molar-refractivity contribution in [2.75, 3.05) is 4.90 Å². The topological polar surface area (TPSA) is 57.6 Å². The minimum Gasteiger partial charge on any atom is -0.508 e. The standard InChI is InChI=1S/C23H20FNO3S/c1-3-23(29(27,28)18-11-9-17(26)10-12-18)25-15(2)21-14-16(24)8-13-19(21)20-6-4-5-7-22(20)25/h3-15,23,26H,1H2,2H3/t15?,23-/m0/s1. The molecule has 0 saturated heterocycles. The van der Waals surface area contributed by atoms with Gasteiger partial charge >= 0.3 is 0 Å². The fourth-order valence-electron chi connectivity index (χ4n) is 3.93. The number of rotatable bonds is 4. The summed E-state index contributed by atoms with van der Waals surface area (Å²) in [5.74, 6) is -0.383. The van der Waals surface area contributed by atoms with E-state index < -0.39 is 21.3 Å². The van der Waals surface area contributed by atoms with Gasteiger partial charge in [-0.3, -0.25) is 0 Å². The summed E-state index contributed by atoms with van der Waals surface area (Å²) >= 11 is 0. The number of nitrogens with zero attached hydrogens (tertiary/aromatic N) is 1. The Bertz CT molecular complexity index is 1190. The van der Waals surface area contributed by atoms with E-state index in [9.17, 15) is 17.9 Å². The van der Waals surface area contributed by atoms with Gasteiger partial charge in [-0.05, 0) is 60.5 Å². The zero-order valence-electron chi connectivity index (χ0n) is 15.8. The number of fused-ring (bicyclic) bond motifs is 3. The number of phenolic OH excluding ortho intramolecular Hbond substituents is 1. The molecule has 0 saturated carbocycles. The van der Waals surface area contributed by atoms with Crippen LogP contribution in [0.5, 0.6) is 5.75 Å². The molecule has 0 radical (unpaired) electrons. The number of benzene rings is 3. The third-order valence-corrected chi connectivity index (χ3v) is 7.30. The second kappa shape index (κ2) is 7.04. The molecule has 0 spiro atoms. The highest BCUT2D eigenvalue weighted by Gasteiger charge is 2.38. The van der Waals surface area contributed by atoms with Crippen molar-refractivity contribution in [3.05, 3.63) is 90.8 Å². The first-order chi connectivity index (χ1) is 13.8. The maximum Gasteiger partial charge on any atom is 0.203 e. The SMILES string of the molecule is C=C[C@@H](N1c2ccccc2-c2ccc(F)cc2C1C)S(=O)(=O)c1ccc(O)cc1. The average Bonchev–Trinajstić information content (AvgIpc) is 2.71. The van der Waals surface area contributed by atoms with Crippen molar-refractivity contribution in [3.8, 4) is 16.9 Å². The van der Waals surface area contributed by atoms with Crippen LogP contribution in [0.25, 0.3) is 11.1 Å². The van der Waals surface area contributed by atoms with Crippen LogP contribution in [0, 0.1) is 5.82 Å². The summed E-state index contributed by atoms with van der Waals surface area (Å²) in [5, 5.41) is 8.44. The number of halogens is 1.